The van der Waals surface area contributed by atoms with Gasteiger partial charge in [-0.1, -0.05) is 0 Å². The lowest BCUT2D eigenvalue weighted by atomic mass is 10.1. The van der Waals surface area contributed by atoms with Crippen LogP contribution >= 0.6 is 0 Å². The van der Waals surface area contributed by atoms with E-state index in [0.29, 0.717) is 6.54 Å². The summed E-state index contributed by atoms with van der Waals surface area (Å²) >= 11 is 0. The van der Waals surface area contributed by atoms with Crippen molar-refractivity contribution in [1.29, 1.82) is 0 Å². The molecule has 2 unspecified atom stereocenters. The second-order valence-electron chi connectivity index (χ2n) is 5.34. The quantitative estimate of drug-likeness (QED) is 0.797. The summed E-state index contributed by atoms with van der Waals surface area (Å²) in [6, 6.07) is 0.129. The third-order valence-electron chi connectivity index (χ3n) is 3.78. The number of likely N-dealkylation sites (N-methyl/N-ethyl adjacent to an activating group) is 1. The molecule has 106 valence electrons. The van der Waals surface area contributed by atoms with E-state index in [1.54, 1.807) is 7.05 Å². The highest BCUT2D eigenvalue weighted by atomic mass is 32.2. The highest BCUT2D eigenvalue weighted by Crippen LogP contribution is 2.16. The Kier molecular flexibility index (Phi) is 5.00. The molecule has 0 aliphatic carbocycles. The van der Waals surface area contributed by atoms with E-state index >= 15 is 0 Å². The molecule has 2 aliphatic heterocycles. The maximum absolute atomic E-state index is 12.2. The minimum atomic E-state index is -3.15. The van der Waals surface area contributed by atoms with Crippen LogP contribution in [0.15, 0.2) is 0 Å². The van der Waals surface area contributed by atoms with Crippen LogP contribution in [0.5, 0.6) is 0 Å². The van der Waals surface area contributed by atoms with Crippen molar-refractivity contribution in [1.82, 2.24) is 9.62 Å². The van der Waals surface area contributed by atoms with Crippen molar-refractivity contribution in [3.05, 3.63) is 0 Å². The number of hydrogen-bond donors (Lipinski definition) is 1. The molecule has 0 aromatic rings. The van der Waals surface area contributed by atoms with Crippen molar-refractivity contribution in [3.63, 3.8) is 0 Å². The van der Waals surface area contributed by atoms with Gasteiger partial charge in [-0.05, 0) is 38.6 Å². The Morgan fingerprint density at radius 3 is 2.72 bits per heavy atom. The van der Waals surface area contributed by atoms with E-state index in [1.165, 1.54) is 4.31 Å². The van der Waals surface area contributed by atoms with Crippen LogP contribution in [-0.2, 0) is 14.8 Å². The topological polar surface area (TPSA) is 58.6 Å². The minimum Gasteiger partial charge on any atom is -0.377 e. The Morgan fingerprint density at radius 1 is 1.28 bits per heavy atom. The van der Waals surface area contributed by atoms with Gasteiger partial charge in [-0.3, -0.25) is 0 Å². The normalized spacial score (nSPS) is 29.9. The highest BCUT2D eigenvalue weighted by molar-refractivity contribution is 7.89. The van der Waals surface area contributed by atoms with E-state index < -0.39 is 10.0 Å². The maximum Gasteiger partial charge on any atom is 0.215 e. The van der Waals surface area contributed by atoms with Gasteiger partial charge in [-0.15, -0.1) is 0 Å². The van der Waals surface area contributed by atoms with E-state index in [9.17, 15) is 8.42 Å². The zero-order chi connectivity index (χ0) is 13.0. The van der Waals surface area contributed by atoms with E-state index in [4.69, 9.17) is 4.74 Å². The van der Waals surface area contributed by atoms with Gasteiger partial charge in [0.2, 0.25) is 10.0 Å². The molecule has 0 bridgehead atoms. The molecular weight excluding hydrogens is 252 g/mol. The molecule has 2 saturated heterocycles. The molecule has 5 nitrogen and oxygen atoms in total. The van der Waals surface area contributed by atoms with Gasteiger partial charge in [0, 0.05) is 26.2 Å². The SMILES string of the molecule is CN(CC1CCCCO1)S(=O)(=O)CC1CCCN1. The summed E-state index contributed by atoms with van der Waals surface area (Å²) in [5.41, 5.74) is 0. The lowest BCUT2D eigenvalue weighted by Crippen LogP contribution is -2.42. The molecule has 0 aromatic carbocycles. The number of rotatable bonds is 5. The van der Waals surface area contributed by atoms with Crippen LogP contribution < -0.4 is 5.32 Å². The third kappa shape index (κ3) is 3.91. The molecule has 2 atom stereocenters. The predicted octanol–water partition coefficient (Wildman–Crippen LogP) is 0.569. The average Bonchev–Trinajstić information content (AvgIpc) is 2.82. The molecule has 6 heteroatoms. The van der Waals surface area contributed by atoms with Crippen molar-refractivity contribution in [2.75, 3.05) is 32.5 Å². The molecule has 0 aromatic heterocycles. The first-order valence-electron chi connectivity index (χ1n) is 6.87. The van der Waals surface area contributed by atoms with Gasteiger partial charge >= 0.3 is 0 Å². The fourth-order valence-corrected chi connectivity index (χ4v) is 4.07. The van der Waals surface area contributed by atoms with Gasteiger partial charge in [0.1, 0.15) is 0 Å². The second kappa shape index (κ2) is 6.32. The summed E-state index contributed by atoms with van der Waals surface area (Å²) < 4.78 is 31.4. The summed E-state index contributed by atoms with van der Waals surface area (Å²) in [6.45, 7) is 2.20. The van der Waals surface area contributed by atoms with Crippen LogP contribution in [0.3, 0.4) is 0 Å². The van der Waals surface area contributed by atoms with Crippen molar-refractivity contribution in [2.24, 2.45) is 0 Å². The van der Waals surface area contributed by atoms with Crippen LogP contribution in [0.1, 0.15) is 32.1 Å². The van der Waals surface area contributed by atoms with Crippen molar-refractivity contribution < 1.29 is 13.2 Å². The molecule has 1 N–H and O–H groups in total. The molecule has 2 aliphatic rings. The van der Waals surface area contributed by atoms with Crippen LogP contribution in [0.4, 0.5) is 0 Å². The van der Waals surface area contributed by atoms with E-state index in [2.05, 4.69) is 5.32 Å². The summed E-state index contributed by atoms with van der Waals surface area (Å²) in [7, 11) is -1.48. The maximum atomic E-state index is 12.2. The molecule has 0 amide bonds. The number of hydrogen-bond acceptors (Lipinski definition) is 4. The molecule has 0 spiro atoms. The molecule has 0 saturated carbocycles. The lowest BCUT2D eigenvalue weighted by Gasteiger charge is -2.27. The number of nitrogens with zero attached hydrogens (tertiary/aromatic N) is 1. The van der Waals surface area contributed by atoms with E-state index in [1.807, 2.05) is 0 Å². The van der Waals surface area contributed by atoms with Crippen molar-refractivity contribution in [3.8, 4) is 0 Å². The van der Waals surface area contributed by atoms with E-state index in [0.717, 1.165) is 45.3 Å². The Labute approximate surface area is 110 Å². The summed E-state index contributed by atoms with van der Waals surface area (Å²) in [4.78, 5) is 0. The average molecular weight is 276 g/mol. The number of nitrogens with one attached hydrogen (secondary N) is 1. The summed E-state index contributed by atoms with van der Waals surface area (Å²) in [5, 5.41) is 3.23. The molecule has 18 heavy (non-hydrogen) atoms. The van der Waals surface area contributed by atoms with Crippen molar-refractivity contribution >= 4 is 10.0 Å². The van der Waals surface area contributed by atoms with Gasteiger partial charge in [-0.25, -0.2) is 12.7 Å². The summed E-state index contributed by atoms with van der Waals surface area (Å²) in [6.07, 6.45) is 5.33. The van der Waals surface area contributed by atoms with Gasteiger partial charge < -0.3 is 10.1 Å². The van der Waals surface area contributed by atoms with Crippen LogP contribution in [0.2, 0.25) is 0 Å². The molecule has 0 radical (unpaired) electrons. The van der Waals surface area contributed by atoms with Gasteiger partial charge in [0.15, 0.2) is 0 Å². The standard InChI is InChI=1S/C12H24N2O3S/c1-14(9-12-6-2-3-8-17-12)18(15,16)10-11-5-4-7-13-11/h11-13H,2-10H2,1H3. The lowest BCUT2D eigenvalue weighted by molar-refractivity contribution is 0.00857. The van der Waals surface area contributed by atoms with Gasteiger partial charge in [0.05, 0.1) is 11.9 Å². The zero-order valence-electron chi connectivity index (χ0n) is 11.1. The highest BCUT2D eigenvalue weighted by Gasteiger charge is 2.27. The van der Waals surface area contributed by atoms with Gasteiger partial charge in [-0.2, -0.15) is 0 Å². The first-order chi connectivity index (χ1) is 8.58. The number of sulfonamides is 1. The fourth-order valence-electron chi connectivity index (χ4n) is 2.63. The van der Waals surface area contributed by atoms with Crippen LogP contribution in [-0.4, -0.2) is 57.4 Å². The third-order valence-corrected chi connectivity index (χ3v) is 5.71. The predicted molar refractivity (Wildman–Crippen MR) is 71.0 cm³/mol. The zero-order valence-corrected chi connectivity index (χ0v) is 11.9. The van der Waals surface area contributed by atoms with Crippen molar-refractivity contribution in [2.45, 2.75) is 44.2 Å². The Balaban J connectivity index is 1.83. The smallest absolute Gasteiger partial charge is 0.215 e. The monoisotopic (exact) mass is 276 g/mol. The minimum absolute atomic E-state index is 0.0788. The first-order valence-corrected chi connectivity index (χ1v) is 8.48. The van der Waals surface area contributed by atoms with E-state index in [-0.39, 0.29) is 17.9 Å². The molecule has 2 fully saturated rings. The van der Waals surface area contributed by atoms with Crippen LogP contribution in [0, 0.1) is 0 Å². The molecule has 2 heterocycles. The van der Waals surface area contributed by atoms with Gasteiger partial charge in [0.25, 0.3) is 0 Å². The first kappa shape index (κ1) is 14.2. The van der Waals surface area contributed by atoms with Crippen LogP contribution in [0.25, 0.3) is 0 Å². The number of ether oxygens (including phenoxy) is 1. The molecule has 2 rings (SSSR count). The summed E-state index contributed by atoms with van der Waals surface area (Å²) in [5.74, 6) is 0.218. The fraction of sp³-hybridized carbons (Fsp3) is 1.00. The molecular formula is C12H24N2O3S. The Bertz CT molecular complexity index is 346. The Hall–Kier alpha value is -0.170. The Morgan fingerprint density at radius 2 is 2.11 bits per heavy atom. The second-order valence-corrected chi connectivity index (χ2v) is 7.46. The largest absolute Gasteiger partial charge is 0.377 e.